The summed E-state index contributed by atoms with van der Waals surface area (Å²) in [6, 6.07) is 17.1. The summed E-state index contributed by atoms with van der Waals surface area (Å²) in [4.78, 5) is 5.10. The summed E-state index contributed by atoms with van der Waals surface area (Å²) in [5, 5.41) is 9.28. The van der Waals surface area contributed by atoms with Gasteiger partial charge in [0.05, 0.1) is 11.6 Å². The van der Waals surface area contributed by atoms with Crippen LogP contribution < -0.4 is 0 Å². The average Bonchev–Trinajstić information content (AvgIpc) is 2.94. The number of nitrogens with zero attached hydrogens (tertiary/aromatic N) is 2. The van der Waals surface area contributed by atoms with Crippen molar-refractivity contribution < 1.29 is 0 Å². The molecular formula is C20H18N2S. The number of hydrogen-bond donors (Lipinski definition) is 0. The van der Waals surface area contributed by atoms with Gasteiger partial charge in [-0.3, -0.25) is 4.90 Å². The third-order valence-corrected chi connectivity index (χ3v) is 5.69. The van der Waals surface area contributed by atoms with E-state index in [1.165, 1.54) is 38.5 Å². The van der Waals surface area contributed by atoms with E-state index in [2.05, 4.69) is 54.3 Å². The first-order chi connectivity index (χ1) is 11.3. The third kappa shape index (κ3) is 2.49. The van der Waals surface area contributed by atoms with E-state index in [0.717, 1.165) is 25.2 Å². The van der Waals surface area contributed by atoms with Crippen LogP contribution in [0.25, 0.3) is 11.1 Å². The van der Waals surface area contributed by atoms with Crippen molar-refractivity contribution >= 4 is 22.9 Å². The van der Waals surface area contributed by atoms with Crippen molar-refractivity contribution in [2.75, 3.05) is 19.6 Å². The molecule has 0 spiro atoms. The van der Waals surface area contributed by atoms with Crippen molar-refractivity contribution in [1.29, 1.82) is 5.26 Å². The fourth-order valence-corrected chi connectivity index (χ4v) is 4.62. The highest BCUT2D eigenvalue weighted by Gasteiger charge is 2.29. The van der Waals surface area contributed by atoms with Gasteiger partial charge in [-0.2, -0.15) is 5.26 Å². The molecule has 0 aliphatic carbocycles. The molecule has 0 unspecified atom stereocenters. The van der Waals surface area contributed by atoms with Crippen LogP contribution in [0.4, 0.5) is 0 Å². The van der Waals surface area contributed by atoms with Crippen LogP contribution in [0.1, 0.15) is 30.0 Å². The molecule has 0 bridgehead atoms. The molecule has 114 valence electrons. The molecule has 0 saturated carbocycles. The van der Waals surface area contributed by atoms with Gasteiger partial charge >= 0.3 is 0 Å². The van der Waals surface area contributed by atoms with Gasteiger partial charge in [0.1, 0.15) is 0 Å². The lowest BCUT2D eigenvalue weighted by Crippen LogP contribution is -2.22. The van der Waals surface area contributed by atoms with Gasteiger partial charge in [0.2, 0.25) is 0 Å². The summed E-state index contributed by atoms with van der Waals surface area (Å²) in [6.45, 7) is 5.35. The van der Waals surface area contributed by atoms with E-state index in [4.69, 9.17) is 0 Å². The monoisotopic (exact) mass is 318 g/mol. The molecule has 0 radical (unpaired) electrons. The highest BCUT2D eigenvalue weighted by molar-refractivity contribution is 7.99. The Balaban J connectivity index is 1.91. The second-order valence-electron chi connectivity index (χ2n) is 6.09. The zero-order chi connectivity index (χ0) is 15.8. The molecule has 0 atom stereocenters. The van der Waals surface area contributed by atoms with Gasteiger partial charge in [-0.25, -0.2) is 0 Å². The largest absolute Gasteiger partial charge is 0.295 e. The Morgan fingerprint density at radius 2 is 1.78 bits per heavy atom. The normalized spacial score (nSPS) is 16.3. The molecule has 0 fully saturated rings. The molecule has 2 aliphatic heterocycles. The van der Waals surface area contributed by atoms with Gasteiger partial charge in [0, 0.05) is 22.9 Å². The first-order valence-corrected chi connectivity index (χ1v) is 8.88. The Morgan fingerprint density at radius 3 is 2.57 bits per heavy atom. The van der Waals surface area contributed by atoms with Crippen LogP contribution in [0.2, 0.25) is 0 Å². The van der Waals surface area contributed by atoms with E-state index in [0.29, 0.717) is 0 Å². The summed E-state index contributed by atoms with van der Waals surface area (Å²) >= 11 is 1.82. The topological polar surface area (TPSA) is 27.0 Å². The number of fused-ring (bicyclic) bond motifs is 4. The molecule has 2 aliphatic rings. The van der Waals surface area contributed by atoms with Crippen molar-refractivity contribution in [2.24, 2.45) is 0 Å². The fraction of sp³-hybridized carbons (Fsp3) is 0.250. The van der Waals surface area contributed by atoms with Gasteiger partial charge in [-0.1, -0.05) is 36.9 Å². The predicted molar refractivity (Wildman–Crippen MR) is 95.3 cm³/mol. The molecule has 4 rings (SSSR count). The van der Waals surface area contributed by atoms with Crippen molar-refractivity contribution in [1.82, 2.24) is 4.90 Å². The number of rotatable bonds is 2. The number of benzene rings is 2. The minimum Gasteiger partial charge on any atom is -0.295 e. The molecule has 2 aromatic rings. The Labute approximate surface area is 141 Å². The molecule has 0 amide bonds. The maximum Gasteiger partial charge on any atom is 0.0991 e. The number of hydrogen-bond acceptors (Lipinski definition) is 3. The predicted octanol–water partition coefficient (Wildman–Crippen LogP) is 4.66. The summed E-state index contributed by atoms with van der Waals surface area (Å²) in [7, 11) is 0. The van der Waals surface area contributed by atoms with Crippen molar-refractivity contribution in [3.05, 3.63) is 59.2 Å². The Hall–Kier alpha value is -2.02. The first-order valence-electron chi connectivity index (χ1n) is 8.06. The molecular weight excluding hydrogens is 300 g/mol. The summed E-state index contributed by atoms with van der Waals surface area (Å²) in [6.07, 6.45) is 1.17. The number of nitriles is 1. The molecule has 2 aromatic carbocycles. The minimum atomic E-state index is 0.746. The maximum atomic E-state index is 9.28. The minimum absolute atomic E-state index is 0.746. The standard InChI is InChI=1S/C20H18N2S/c1-2-9-22-12-17-15-5-3-4-6-19(15)23-20-8-7-14(11-21)10-16(20)18(17)13-22/h3-8,10H,2,9,12-13H2,1H3. The second kappa shape index (κ2) is 5.88. The average molecular weight is 318 g/mol. The highest BCUT2D eigenvalue weighted by atomic mass is 32.2. The van der Waals surface area contributed by atoms with Crippen LogP contribution in [-0.4, -0.2) is 24.5 Å². The maximum absolute atomic E-state index is 9.28. The lowest BCUT2D eigenvalue weighted by atomic mass is 9.96. The quantitative estimate of drug-likeness (QED) is 0.806. The second-order valence-corrected chi connectivity index (χ2v) is 7.17. The van der Waals surface area contributed by atoms with Crippen LogP contribution >= 0.6 is 11.8 Å². The van der Waals surface area contributed by atoms with E-state index >= 15 is 0 Å². The summed E-state index contributed by atoms with van der Waals surface area (Å²) in [5.41, 5.74) is 6.20. The molecule has 2 heterocycles. The van der Waals surface area contributed by atoms with Crippen molar-refractivity contribution in [2.45, 2.75) is 23.1 Å². The van der Waals surface area contributed by atoms with Gasteiger partial charge in [0.25, 0.3) is 0 Å². The van der Waals surface area contributed by atoms with Crippen molar-refractivity contribution in [3.8, 4) is 6.07 Å². The van der Waals surface area contributed by atoms with E-state index in [1.54, 1.807) is 0 Å². The van der Waals surface area contributed by atoms with Crippen molar-refractivity contribution in [3.63, 3.8) is 0 Å². The van der Waals surface area contributed by atoms with Gasteiger partial charge < -0.3 is 0 Å². The van der Waals surface area contributed by atoms with Crippen LogP contribution in [0.5, 0.6) is 0 Å². The van der Waals surface area contributed by atoms with Crippen LogP contribution in [-0.2, 0) is 0 Å². The Bertz CT molecular complexity index is 845. The molecule has 0 saturated heterocycles. The third-order valence-electron chi connectivity index (χ3n) is 4.53. The van der Waals surface area contributed by atoms with E-state index in [9.17, 15) is 5.26 Å². The molecule has 0 aromatic heterocycles. The molecule has 23 heavy (non-hydrogen) atoms. The van der Waals surface area contributed by atoms with Crippen LogP contribution in [0.15, 0.2) is 52.3 Å². The zero-order valence-electron chi connectivity index (χ0n) is 13.2. The SMILES string of the molecule is CCCN1CC2=C(C1)c1cc(C#N)ccc1Sc1ccccc12. The lowest BCUT2D eigenvalue weighted by Gasteiger charge is -2.17. The fourth-order valence-electron chi connectivity index (χ4n) is 3.51. The van der Waals surface area contributed by atoms with Crippen LogP contribution in [0, 0.1) is 11.3 Å². The molecule has 2 nitrogen and oxygen atoms in total. The Morgan fingerprint density at radius 1 is 1.04 bits per heavy atom. The summed E-state index contributed by atoms with van der Waals surface area (Å²) < 4.78 is 0. The molecule has 3 heteroatoms. The van der Waals surface area contributed by atoms with E-state index in [1.807, 2.05) is 17.8 Å². The van der Waals surface area contributed by atoms with E-state index < -0.39 is 0 Å². The van der Waals surface area contributed by atoms with Gasteiger partial charge in [-0.15, -0.1) is 0 Å². The Kier molecular flexibility index (Phi) is 3.72. The van der Waals surface area contributed by atoms with Gasteiger partial charge in [0.15, 0.2) is 0 Å². The smallest absolute Gasteiger partial charge is 0.0991 e. The molecule has 0 N–H and O–H groups in total. The van der Waals surface area contributed by atoms with E-state index in [-0.39, 0.29) is 0 Å². The zero-order valence-corrected chi connectivity index (χ0v) is 14.0. The van der Waals surface area contributed by atoms with Crippen LogP contribution in [0.3, 0.4) is 0 Å². The first kappa shape index (κ1) is 14.6. The highest BCUT2D eigenvalue weighted by Crippen LogP contribution is 2.46. The lowest BCUT2D eigenvalue weighted by molar-refractivity contribution is 0.359. The summed E-state index contributed by atoms with van der Waals surface area (Å²) in [5.74, 6) is 0. The van der Waals surface area contributed by atoms with Gasteiger partial charge in [-0.05, 0) is 59.5 Å².